The lowest BCUT2D eigenvalue weighted by molar-refractivity contribution is -0.130. The molecule has 124 valence electrons. The van der Waals surface area contributed by atoms with Crippen molar-refractivity contribution in [1.29, 1.82) is 0 Å². The number of nitrogens with one attached hydrogen (secondary N) is 1. The Bertz CT molecular complexity index is 575. The van der Waals surface area contributed by atoms with Crippen LogP contribution in [0.15, 0.2) is 24.3 Å². The lowest BCUT2D eigenvalue weighted by Crippen LogP contribution is -2.50. The molecular formula is C17H23N3O3. The first-order valence-electron chi connectivity index (χ1n) is 7.96. The van der Waals surface area contributed by atoms with Gasteiger partial charge >= 0.3 is 0 Å². The van der Waals surface area contributed by atoms with Crippen LogP contribution in [0.25, 0.3) is 0 Å². The molecule has 1 aromatic rings. The standard InChI is InChI=1S/C17H23N3O3/c1-3-8-18-16(22)14-4-6-15(7-5-14)17(23)20-11-9-19(10-12-20)13(2)21/h4-7H,3,8-12H2,1-2H3,(H,18,22). The van der Waals surface area contributed by atoms with Gasteiger partial charge in [-0.15, -0.1) is 0 Å². The molecule has 6 nitrogen and oxygen atoms in total. The Kier molecular flexibility index (Phi) is 5.73. The first-order valence-corrected chi connectivity index (χ1v) is 7.96. The van der Waals surface area contributed by atoms with E-state index >= 15 is 0 Å². The van der Waals surface area contributed by atoms with Crippen molar-refractivity contribution < 1.29 is 14.4 Å². The second kappa shape index (κ2) is 7.76. The van der Waals surface area contributed by atoms with Crippen molar-refractivity contribution in [3.8, 4) is 0 Å². The SMILES string of the molecule is CCCNC(=O)c1ccc(C(=O)N2CCN(C(C)=O)CC2)cc1. The zero-order valence-electron chi connectivity index (χ0n) is 13.7. The summed E-state index contributed by atoms with van der Waals surface area (Å²) in [4.78, 5) is 39.1. The molecule has 0 aromatic heterocycles. The third-order valence-corrected chi connectivity index (χ3v) is 3.94. The average molecular weight is 317 g/mol. The molecule has 0 atom stereocenters. The lowest BCUT2D eigenvalue weighted by Gasteiger charge is -2.34. The summed E-state index contributed by atoms with van der Waals surface area (Å²) in [5.41, 5.74) is 1.12. The van der Waals surface area contributed by atoms with Gasteiger partial charge in [-0.3, -0.25) is 14.4 Å². The van der Waals surface area contributed by atoms with Crippen LogP contribution in [0.1, 0.15) is 41.0 Å². The first-order chi connectivity index (χ1) is 11.0. The molecule has 0 saturated carbocycles. The van der Waals surface area contributed by atoms with Crippen molar-refractivity contribution in [2.75, 3.05) is 32.7 Å². The van der Waals surface area contributed by atoms with Gasteiger partial charge < -0.3 is 15.1 Å². The third-order valence-electron chi connectivity index (χ3n) is 3.94. The molecule has 6 heteroatoms. The monoisotopic (exact) mass is 317 g/mol. The fourth-order valence-electron chi connectivity index (χ4n) is 2.51. The summed E-state index contributed by atoms with van der Waals surface area (Å²) in [7, 11) is 0. The molecule has 1 aromatic carbocycles. The first kappa shape index (κ1) is 17.0. The van der Waals surface area contributed by atoms with E-state index in [0.717, 1.165) is 6.42 Å². The summed E-state index contributed by atoms with van der Waals surface area (Å²) in [6.45, 7) is 6.39. The van der Waals surface area contributed by atoms with Crippen molar-refractivity contribution in [3.05, 3.63) is 35.4 Å². The van der Waals surface area contributed by atoms with Gasteiger partial charge in [-0.05, 0) is 30.7 Å². The number of carbonyl (C=O) groups is 3. The van der Waals surface area contributed by atoms with E-state index in [4.69, 9.17) is 0 Å². The summed E-state index contributed by atoms with van der Waals surface area (Å²) in [6.07, 6.45) is 0.883. The maximum Gasteiger partial charge on any atom is 0.253 e. The molecule has 1 N–H and O–H groups in total. The third kappa shape index (κ3) is 4.31. The maximum absolute atomic E-state index is 12.5. The summed E-state index contributed by atoms with van der Waals surface area (Å²) in [5.74, 6) is -0.144. The van der Waals surface area contributed by atoms with E-state index in [-0.39, 0.29) is 17.7 Å². The van der Waals surface area contributed by atoms with Crippen LogP contribution in [0.2, 0.25) is 0 Å². The van der Waals surface area contributed by atoms with E-state index in [1.165, 1.54) is 0 Å². The van der Waals surface area contributed by atoms with E-state index in [2.05, 4.69) is 5.32 Å². The van der Waals surface area contributed by atoms with Crippen molar-refractivity contribution in [2.45, 2.75) is 20.3 Å². The molecule has 0 bridgehead atoms. The van der Waals surface area contributed by atoms with E-state index in [0.29, 0.717) is 43.9 Å². The number of hydrogen-bond donors (Lipinski definition) is 1. The number of nitrogens with zero attached hydrogens (tertiary/aromatic N) is 2. The fourth-order valence-corrected chi connectivity index (χ4v) is 2.51. The number of benzene rings is 1. The Morgan fingerprint density at radius 3 is 2.00 bits per heavy atom. The smallest absolute Gasteiger partial charge is 0.253 e. The van der Waals surface area contributed by atoms with E-state index < -0.39 is 0 Å². The number of amides is 3. The van der Waals surface area contributed by atoms with Crippen LogP contribution in [-0.2, 0) is 4.79 Å². The van der Waals surface area contributed by atoms with Gasteiger partial charge in [0.2, 0.25) is 5.91 Å². The normalized spacial score (nSPS) is 14.5. The van der Waals surface area contributed by atoms with Gasteiger partial charge in [0.1, 0.15) is 0 Å². The van der Waals surface area contributed by atoms with Crippen LogP contribution in [0.3, 0.4) is 0 Å². The Hall–Kier alpha value is -2.37. The predicted octanol–water partition coefficient (Wildman–Crippen LogP) is 1.13. The molecule has 0 aliphatic carbocycles. The highest BCUT2D eigenvalue weighted by atomic mass is 16.2. The van der Waals surface area contributed by atoms with Gasteiger partial charge in [-0.1, -0.05) is 6.92 Å². The molecule has 0 unspecified atom stereocenters. The van der Waals surface area contributed by atoms with Crippen molar-refractivity contribution >= 4 is 17.7 Å². The van der Waals surface area contributed by atoms with Crippen LogP contribution in [0.5, 0.6) is 0 Å². The topological polar surface area (TPSA) is 69.7 Å². The van der Waals surface area contributed by atoms with Crippen LogP contribution < -0.4 is 5.32 Å². The minimum Gasteiger partial charge on any atom is -0.352 e. The molecular weight excluding hydrogens is 294 g/mol. The summed E-state index contributed by atoms with van der Waals surface area (Å²) < 4.78 is 0. The molecule has 0 radical (unpaired) electrons. The van der Waals surface area contributed by atoms with Crippen LogP contribution in [-0.4, -0.2) is 60.2 Å². The minimum absolute atomic E-state index is 0.0412. The molecule has 2 rings (SSSR count). The maximum atomic E-state index is 12.5. The van der Waals surface area contributed by atoms with Gasteiger partial charge in [-0.25, -0.2) is 0 Å². The molecule has 0 spiro atoms. The lowest BCUT2D eigenvalue weighted by atomic mass is 10.1. The van der Waals surface area contributed by atoms with Crippen molar-refractivity contribution in [1.82, 2.24) is 15.1 Å². The van der Waals surface area contributed by atoms with Gasteiger partial charge in [0.15, 0.2) is 0 Å². The summed E-state index contributed by atoms with van der Waals surface area (Å²) in [6, 6.07) is 6.70. The zero-order chi connectivity index (χ0) is 16.8. The van der Waals surface area contributed by atoms with Gasteiger partial charge in [0, 0.05) is 50.8 Å². The quantitative estimate of drug-likeness (QED) is 0.905. The minimum atomic E-state index is -0.124. The average Bonchev–Trinajstić information content (AvgIpc) is 2.59. The molecule has 1 aliphatic heterocycles. The highest BCUT2D eigenvalue weighted by Crippen LogP contribution is 2.11. The Labute approximate surface area is 136 Å². The molecule has 1 saturated heterocycles. The zero-order valence-corrected chi connectivity index (χ0v) is 13.7. The van der Waals surface area contributed by atoms with Crippen molar-refractivity contribution in [3.63, 3.8) is 0 Å². The van der Waals surface area contributed by atoms with Crippen LogP contribution in [0.4, 0.5) is 0 Å². The van der Waals surface area contributed by atoms with Gasteiger partial charge in [0.25, 0.3) is 11.8 Å². The molecule has 23 heavy (non-hydrogen) atoms. The Morgan fingerprint density at radius 2 is 1.48 bits per heavy atom. The fraction of sp³-hybridized carbons (Fsp3) is 0.471. The Balaban J connectivity index is 1.95. The highest BCUT2D eigenvalue weighted by Gasteiger charge is 2.23. The number of carbonyl (C=O) groups excluding carboxylic acids is 3. The summed E-state index contributed by atoms with van der Waals surface area (Å²) in [5, 5.41) is 2.80. The number of hydrogen-bond acceptors (Lipinski definition) is 3. The largest absolute Gasteiger partial charge is 0.352 e. The van der Waals surface area contributed by atoms with Crippen molar-refractivity contribution in [2.24, 2.45) is 0 Å². The number of piperazine rings is 1. The van der Waals surface area contributed by atoms with Crippen LogP contribution in [0, 0.1) is 0 Å². The second-order valence-electron chi connectivity index (χ2n) is 5.63. The van der Waals surface area contributed by atoms with Gasteiger partial charge in [0.05, 0.1) is 0 Å². The van der Waals surface area contributed by atoms with E-state index in [1.54, 1.807) is 41.0 Å². The molecule has 3 amide bonds. The van der Waals surface area contributed by atoms with Gasteiger partial charge in [-0.2, -0.15) is 0 Å². The summed E-state index contributed by atoms with van der Waals surface area (Å²) >= 11 is 0. The molecule has 1 fully saturated rings. The molecule has 1 heterocycles. The number of rotatable bonds is 4. The Morgan fingerprint density at radius 1 is 0.957 bits per heavy atom. The second-order valence-corrected chi connectivity index (χ2v) is 5.63. The van der Waals surface area contributed by atoms with E-state index in [1.807, 2.05) is 6.92 Å². The van der Waals surface area contributed by atoms with E-state index in [9.17, 15) is 14.4 Å². The van der Waals surface area contributed by atoms with Crippen LogP contribution >= 0.6 is 0 Å². The predicted molar refractivity (Wildman–Crippen MR) is 87.2 cm³/mol. The molecule has 1 aliphatic rings. The highest BCUT2D eigenvalue weighted by molar-refractivity contribution is 5.97.